The van der Waals surface area contributed by atoms with Gasteiger partial charge < -0.3 is 5.73 Å². The Hall–Kier alpha value is -2.17. The van der Waals surface area contributed by atoms with Crippen molar-refractivity contribution in [3.8, 4) is 11.1 Å². The predicted molar refractivity (Wildman–Crippen MR) is 64.4 cm³/mol. The number of pyridine rings is 1. The molecule has 0 aliphatic rings. The molecule has 5 heteroatoms. The van der Waals surface area contributed by atoms with E-state index in [2.05, 4.69) is 10.1 Å². The van der Waals surface area contributed by atoms with Crippen molar-refractivity contribution in [2.45, 2.75) is 13.8 Å². The third-order valence-corrected chi connectivity index (χ3v) is 2.81. The monoisotopic (exact) mass is 230 g/mol. The summed E-state index contributed by atoms with van der Waals surface area (Å²) in [5.41, 5.74) is 9.40. The Morgan fingerprint density at radius 2 is 2.12 bits per heavy atom. The molecule has 2 rings (SSSR count). The van der Waals surface area contributed by atoms with Gasteiger partial charge in [0, 0.05) is 24.5 Å². The third-order valence-electron chi connectivity index (χ3n) is 2.81. The Morgan fingerprint density at radius 1 is 1.41 bits per heavy atom. The topological polar surface area (TPSA) is 73.8 Å². The van der Waals surface area contributed by atoms with Gasteiger partial charge in [0.25, 0.3) is 5.91 Å². The Labute approximate surface area is 99.3 Å². The van der Waals surface area contributed by atoms with Crippen molar-refractivity contribution < 1.29 is 4.79 Å². The van der Waals surface area contributed by atoms with Gasteiger partial charge in [-0.15, -0.1) is 0 Å². The summed E-state index contributed by atoms with van der Waals surface area (Å²) < 4.78 is 1.81. The zero-order valence-electron chi connectivity index (χ0n) is 10.1. The molecule has 2 aromatic heterocycles. The minimum Gasteiger partial charge on any atom is -0.364 e. The molecule has 1 amide bonds. The number of amides is 1. The van der Waals surface area contributed by atoms with Gasteiger partial charge in [0.15, 0.2) is 0 Å². The minimum atomic E-state index is -0.522. The highest BCUT2D eigenvalue weighted by molar-refractivity contribution is 5.92. The van der Waals surface area contributed by atoms with Crippen LogP contribution in [-0.4, -0.2) is 20.7 Å². The standard InChI is InChI=1S/C12H14N4O/c1-7-11(8(2)16(3)15-7)9-4-5-14-10(6-9)12(13)17/h4-6H,1-3H3,(H2,13,17). The molecule has 2 aromatic rings. The fourth-order valence-corrected chi connectivity index (χ4v) is 1.91. The largest absolute Gasteiger partial charge is 0.364 e. The van der Waals surface area contributed by atoms with Gasteiger partial charge in [-0.1, -0.05) is 0 Å². The highest BCUT2D eigenvalue weighted by atomic mass is 16.1. The predicted octanol–water partition coefficient (Wildman–Crippen LogP) is 1.20. The lowest BCUT2D eigenvalue weighted by atomic mass is 10.0. The third kappa shape index (κ3) is 1.91. The first-order chi connectivity index (χ1) is 8.00. The number of hydrogen-bond acceptors (Lipinski definition) is 3. The molecule has 0 atom stereocenters. The maximum absolute atomic E-state index is 11.1. The summed E-state index contributed by atoms with van der Waals surface area (Å²) in [5, 5.41) is 4.34. The highest BCUT2D eigenvalue weighted by Gasteiger charge is 2.13. The lowest BCUT2D eigenvalue weighted by Gasteiger charge is -2.03. The van der Waals surface area contributed by atoms with Gasteiger partial charge in [0.1, 0.15) is 5.69 Å². The summed E-state index contributed by atoms with van der Waals surface area (Å²) >= 11 is 0. The minimum absolute atomic E-state index is 0.269. The number of aryl methyl sites for hydroxylation is 2. The number of carbonyl (C=O) groups excluding carboxylic acids is 1. The van der Waals surface area contributed by atoms with Crippen LogP contribution in [0, 0.1) is 13.8 Å². The Bertz CT molecular complexity index is 586. The first-order valence-electron chi connectivity index (χ1n) is 5.27. The van der Waals surface area contributed by atoms with Crippen LogP contribution in [0.15, 0.2) is 18.3 Å². The molecule has 0 fully saturated rings. The van der Waals surface area contributed by atoms with Crippen LogP contribution in [-0.2, 0) is 7.05 Å². The number of nitrogens with two attached hydrogens (primary N) is 1. The summed E-state index contributed by atoms with van der Waals surface area (Å²) in [6.45, 7) is 3.92. The summed E-state index contributed by atoms with van der Waals surface area (Å²) in [4.78, 5) is 15.0. The van der Waals surface area contributed by atoms with Crippen molar-refractivity contribution in [2.24, 2.45) is 12.8 Å². The van der Waals surface area contributed by atoms with Crippen LogP contribution in [0.5, 0.6) is 0 Å². The van der Waals surface area contributed by atoms with E-state index in [-0.39, 0.29) is 5.69 Å². The van der Waals surface area contributed by atoms with Gasteiger partial charge in [-0.25, -0.2) is 0 Å². The molecule has 0 aliphatic carbocycles. The molecule has 2 heterocycles. The maximum atomic E-state index is 11.1. The molecule has 2 N–H and O–H groups in total. The van der Waals surface area contributed by atoms with E-state index >= 15 is 0 Å². The highest BCUT2D eigenvalue weighted by Crippen LogP contribution is 2.26. The molecular formula is C12H14N4O. The van der Waals surface area contributed by atoms with Crippen molar-refractivity contribution in [1.29, 1.82) is 0 Å². The van der Waals surface area contributed by atoms with E-state index in [0.717, 1.165) is 22.5 Å². The molecule has 88 valence electrons. The number of carbonyl (C=O) groups is 1. The molecule has 0 aromatic carbocycles. The molecular weight excluding hydrogens is 216 g/mol. The van der Waals surface area contributed by atoms with E-state index in [1.807, 2.05) is 31.6 Å². The van der Waals surface area contributed by atoms with Crippen LogP contribution < -0.4 is 5.73 Å². The van der Waals surface area contributed by atoms with Crippen LogP contribution in [0.25, 0.3) is 11.1 Å². The van der Waals surface area contributed by atoms with Gasteiger partial charge in [0.2, 0.25) is 0 Å². The van der Waals surface area contributed by atoms with Gasteiger partial charge in [-0.2, -0.15) is 5.10 Å². The molecule has 0 unspecified atom stereocenters. The molecule has 0 aliphatic heterocycles. The van der Waals surface area contributed by atoms with E-state index in [0.29, 0.717) is 0 Å². The zero-order chi connectivity index (χ0) is 12.6. The molecule has 0 radical (unpaired) electrons. The van der Waals surface area contributed by atoms with E-state index < -0.39 is 5.91 Å². The second-order valence-electron chi connectivity index (χ2n) is 3.96. The molecule has 17 heavy (non-hydrogen) atoms. The van der Waals surface area contributed by atoms with Crippen molar-refractivity contribution >= 4 is 5.91 Å². The van der Waals surface area contributed by atoms with Gasteiger partial charge >= 0.3 is 0 Å². The fraction of sp³-hybridized carbons (Fsp3) is 0.250. The Kier molecular flexibility index (Phi) is 2.67. The first-order valence-corrected chi connectivity index (χ1v) is 5.27. The van der Waals surface area contributed by atoms with E-state index in [9.17, 15) is 4.79 Å². The summed E-state index contributed by atoms with van der Waals surface area (Å²) in [7, 11) is 1.89. The SMILES string of the molecule is Cc1nn(C)c(C)c1-c1ccnc(C(N)=O)c1. The smallest absolute Gasteiger partial charge is 0.267 e. The molecule has 0 bridgehead atoms. The number of nitrogens with zero attached hydrogens (tertiary/aromatic N) is 3. The van der Waals surface area contributed by atoms with Crippen LogP contribution >= 0.6 is 0 Å². The summed E-state index contributed by atoms with van der Waals surface area (Å²) in [5.74, 6) is -0.522. The van der Waals surface area contributed by atoms with Crippen molar-refractivity contribution in [1.82, 2.24) is 14.8 Å². The summed E-state index contributed by atoms with van der Waals surface area (Å²) in [6, 6.07) is 3.54. The van der Waals surface area contributed by atoms with E-state index in [1.54, 1.807) is 12.3 Å². The van der Waals surface area contributed by atoms with Crippen LogP contribution in [0.2, 0.25) is 0 Å². The number of hydrogen-bond donors (Lipinski definition) is 1. The molecule has 0 saturated carbocycles. The second-order valence-corrected chi connectivity index (χ2v) is 3.96. The number of aromatic nitrogens is 3. The normalized spacial score (nSPS) is 10.5. The van der Waals surface area contributed by atoms with Crippen LogP contribution in [0.4, 0.5) is 0 Å². The van der Waals surface area contributed by atoms with Crippen LogP contribution in [0.1, 0.15) is 21.9 Å². The van der Waals surface area contributed by atoms with E-state index in [4.69, 9.17) is 5.73 Å². The average Bonchev–Trinajstić information content (AvgIpc) is 2.53. The summed E-state index contributed by atoms with van der Waals surface area (Å²) in [6.07, 6.45) is 1.58. The average molecular weight is 230 g/mol. The van der Waals surface area contributed by atoms with Gasteiger partial charge in [-0.05, 0) is 31.5 Å². The Balaban J connectivity index is 2.60. The van der Waals surface area contributed by atoms with Crippen molar-refractivity contribution in [3.05, 3.63) is 35.4 Å². The number of rotatable bonds is 2. The molecule has 0 spiro atoms. The zero-order valence-corrected chi connectivity index (χ0v) is 10.1. The quantitative estimate of drug-likeness (QED) is 0.842. The van der Waals surface area contributed by atoms with Crippen molar-refractivity contribution in [3.63, 3.8) is 0 Å². The first kappa shape index (κ1) is 11.3. The van der Waals surface area contributed by atoms with E-state index in [1.165, 1.54) is 0 Å². The number of primary amides is 1. The Morgan fingerprint density at radius 3 is 2.65 bits per heavy atom. The maximum Gasteiger partial charge on any atom is 0.267 e. The van der Waals surface area contributed by atoms with Gasteiger partial charge in [0.05, 0.1) is 5.69 Å². The molecule has 5 nitrogen and oxygen atoms in total. The molecule has 0 saturated heterocycles. The fourth-order valence-electron chi connectivity index (χ4n) is 1.91. The lowest BCUT2D eigenvalue weighted by Crippen LogP contribution is -2.12. The second kappa shape index (κ2) is 4.01. The van der Waals surface area contributed by atoms with Gasteiger partial charge in [-0.3, -0.25) is 14.5 Å². The lowest BCUT2D eigenvalue weighted by molar-refractivity contribution is 0.0995. The van der Waals surface area contributed by atoms with Crippen molar-refractivity contribution in [2.75, 3.05) is 0 Å². The van der Waals surface area contributed by atoms with Crippen LogP contribution in [0.3, 0.4) is 0 Å².